The van der Waals surface area contributed by atoms with Crippen molar-refractivity contribution in [2.75, 3.05) is 0 Å². The van der Waals surface area contributed by atoms with E-state index in [0.717, 1.165) is 144 Å². The zero-order valence-electron chi connectivity index (χ0n) is 73.0. The minimum absolute atomic E-state index is 0. The minimum Gasteiger partial charge on any atom is -0.456 e. The molecule has 9 aromatic heterocycles. The predicted octanol–water partition coefficient (Wildman–Crippen LogP) is 25.8. The van der Waals surface area contributed by atoms with Crippen LogP contribution in [-0.2, 0) is 0 Å². The molecule has 642 valence electrons. The van der Waals surface area contributed by atoms with Gasteiger partial charge >= 0.3 is 0 Å². The van der Waals surface area contributed by atoms with Gasteiger partial charge in [-0.3, -0.25) is 17.9 Å². The molecule has 13 heteroatoms. The van der Waals surface area contributed by atoms with Crippen molar-refractivity contribution in [1.82, 2.24) is 37.0 Å². The third-order valence-electron chi connectivity index (χ3n) is 27.9. The number of fused-ring (bicyclic) bond motifs is 25. The van der Waals surface area contributed by atoms with Crippen LogP contribution in [-0.4, -0.2) is 53.2 Å². The summed E-state index contributed by atoms with van der Waals surface area (Å²) in [4.78, 5) is 10.1. The maximum Gasteiger partial charge on any atom is 0.220 e. The van der Waals surface area contributed by atoms with Crippen molar-refractivity contribution in [3.8, 4) is 22.7 Å². The van der Waals surface area contributed by atoms with Crippen LogP contribution in [0.3, 0.4) is 0 Å². The molecule has 20 aromatic carbocycles. The Morgan fingerprint density at radius 2 is 0.441 bits per heavy atom. The SMILES string of the molecule is C.c1ccc([Si](c2ccccc2)(c2ccccc2)c2ccc3oc4ccc(-n5c6ccccc6c6ccccc65)cc4c3c2)cc1.c1ccc([Si](c2ccccc2)(c2ccccc2)c2cccc3c2oc2ccc(-n4c5ccccc5c5ccccc54)cc23)cc1.c1ccc2c(c1)nc1n(-c3ccc4oc5ccc(-n6c7ccccc7n7c8ccccc8nc67)cc5c4c3)c3ccccc3n21. The van der Waals surface area contributed by atoms with Gasteiger partial charge < -0.3 is 22.4 Å². The van der Waals surface area contributed by atoms with Crippen molar-refractivity contribution in [3.05, 3.63) is 485 Å². The Labute approximate surface area is 783 Å². The first-order chi connectivity index (χ1) is 67.0. The average molecular weight is 1780 g/mol. The summed E-state index contributed by atoms with van der Waals surface area (Å²) >= 11 is 0. The van der Waals surface area contributed by atoms with E-state index >= 15 is 0 Å². The Morgan fingerprint density at radius 3 is 0.801 bits per heavy atom. The molecule has 0 radical (unpaired) electrons. The summed E-state index contributed by atoms with van der Waals surface area (Å²) in [7, 11) is -5.43. The van der Waals surface area contributed by atoms with E-state index in [2.05, 4.69) is 500 Å². The molecule has 29 aromatic rings. The van der Waals surface area contributed by atoms with Crippen molar-refractivity contribution in [2.24, 2.45) is 0 Å². The molecule has 29 rings (SSSR count). The van der Waals surface area contributed by atoms with E-state index in [0.29, 0.717) is 0 Å². The van der Waals surface area contributed by atoms with Crippen LogP contribution >= 0.6 is 0 Å². The molecule has 0 atom stereocenters. The van der Waals surface area contributed by atoms with Gasteiger partial charge in [0.2, 0.25) is 11.6 Å². The molecule has 0 spiro atoms. The van der Waals surface area contributed by atoms with Crippen LogP contribution in [0.5, 0.6) is 0 Å². The largest absolute Gasteiger partial charge is 0.456 e. The molecule has 0 aliphatic carbocycles. The standard InChI is InChI=1S/2C42H29NOSi.C38H22N6O.CH4/c1-4-15-31(16-5-1)45(32-17-6-2-7-18-32,33-19-8-3-9-20-33)41-26-14-23-36-37-29-30(27-28-40(37)44-42(36)41)43-38-24-12-10-21-34(38)35-22-11-13-25-39(35)43;1-4-14-31(15-5-1)45(32-16-6-2-7-17-32,33-18-8-3-9-19-33)34-25-27-42-38(29-34)37-28-30(24-26-41(37)44-42)43-39-22-12-10-20-35(39)36-21-11-13-23-40(36)43;1-3-11-29-27(9-1)39-37-41(31-13-5-7-15-33(31)43(29)37)23-17-19-35-25(21-23)26-22-24(18-20-36(26)45-35)42-32-14-6-8-16-34(32)44-30-12-4-2-10-28(30)40-38(42)44;/h2*1-29H;1-22H;1H4. The molecule has 0 aliphatic rings. The zero-order valence-corrected chi connectivity index (χ0v) is 75.0. The van der Waals surface area contributed by atoms with Crippen LogP contribution in [0, 0.1) is 0 Å². The highest BCUT2D eigenvalue weighted by atomic mass is 28.3. The second-order valence-corrected chi connectivity index (χ2v) is 42.6. The van der Waals surface area contributed by atoms with Crippen molar-refractivity contribution in [1.29, 1.82) is 0 Å². The fraction of sp³-hybridized carbons (Fsp3) is 0.00813. The summed E-state index contributed by atoms with van der Waals surface area (Å²) in [5.41, 5.74) is 23.1. The number of rotatable bonds is 12. The average Bonchev–Trinajstić information content (AvgIpc) is 1.61. The first kappa shape index (κ1) is 79.3. The monoisotopic (exact) mass is 1780 g/mol. The lowest BCUT2D eigenvalue weighted by atomic mass is 10.1. The maximum atomic E-state index is 6.93. The van der Waals surface area contributed by atoms with E-state index in [-0.39, 0.29) is 7.43 Å². The van der Waals surface area contributed by atoms with E-state index in [1.54, 1.807) is 0 Å². The Hall–Kier alpha value is -17.6. The molecule has 0 N–H and O–H groups in total. The molecule has 0 unspecified atom stereocenters. The third kappa shape index (κ3) is 12.1. The fourth-order valence-corrected chi connectivity index (χ4v) is 31.8. The highest BCUT2D eigenvalue weighted by molar-refractivity contribution is 7.21. The molecular formula is C123H84N8O3Si2. The second kappa shape index (κ2) is 31.9. The van der Waals surface area contributed by atoms with Crippen molar-refractivity contribution < 1.29 is 13.3 Å². The number of imidazole rings is 4. The number of benzene rings is 20. The van der Waals surface area contributed by atoms with E-state index in [4.69, 9.17) is 23.2 Å². The maximum absolute atomic E-state index is 6.93. The quantitative estimate of drug-likeness (QED) is 0.0897. The number of furan rings is 3. The lowest BCUT2D eigenvalue weighted by molar-refractivity contribution is 0.668. The first-order valence-corrected chi connectivity index (χ1v) is 49.9. The number of para-hydroxylation sites is 13. The second-order valence-electron chi connectivity index (χ2n) is 35.0. The third-order valence-corrected chi connectivity index (χ3v) is 37.4. The molecule has 11 nitrogen and oxygen atoms in total. The van der Waals surface area contributed by atoms with Crippen molar-refractivity contribution in [2.45, 2.75) is 7.43 Å². The number of nitrogens with zero attached hydrogens (tertiary/aromatic N) is 8. The normalized spacial score (nSPS) is 12.1. The lowest BCUT2D eigenvalue weighted by Crippen LogP contribution is -2.74. The number of aromatic nitrogens is 8. The molecular weight excluding hydrogens is 1690 g/mol. The Morgan fingerprint density at radius 1 is 0.176 bits per heavy atom. The number of hydrogen-bond donors (Lipinski definition) is 0. The molecule has 0 bridgehead atoms. The molecule has 0 fully saturated rings. The zero-order chi connectivity index (χ0) is 88.8. The van der Waals surface area contributed by atoms with Gasteiger partial charge in [-0.25, -0.2) is 9.97 Å². The van der Waals surface area contributed by atoms with Gasteiger partial charge in [-0.05, 0) is 193 Å². The van der Waals surface area contributed by atoms with E-state index < -0.39 is 16.1 Å². The minimum atomic E-state index is -2.77. The van der Waals surface area contributed by atoms with Gasteiger partial charge in [-0.15, -0.1) is 0 Å². The molecule has 0 amide bonds. The molecule has 0 saturated heterocycles. The van der Waals surface area contributed by atoms with Crippen molar-refractivity contribution in [3.63, 3.8) is 0 Å². The summed E-state index contributed by atoms with van der Waals surface area (Å²) in [5.74, 6) is 1.77. The van der Waals surface area contributed by atoms with Crippen LogP contribution in [0.1, 0.15) is 7.43 Å². The van der Waals surface area contributed by atoms with E-state index in [9.17, 15) is 0 Å². The summed E-state index contributed by atoms with van der Waals surface area (Å²) in [6.45, 7) is 0. The van der Waals surface area contributed by atoms with Gasteiger partial charge in [0.25, 0.3) is 0 Å². The van der Waals surface area contributed by atoms with Crippen molar-refractivity contribution >= 4 is 223 Å². The fourth-order valence-electron chi connectivity index (χ4n) is 22.1. The highest BCUT2D eigenvalue weighted by Gasteiger charge is 2.45. The van der Waals surface area contributed by atoms with E-state index in [1.807, 2.05) is 12.1 Å². The van der Waals surface area contributed by atoms with Gasteiger partial charge in [-0.2, -0.15) is 0 Å². The van der Waals surface area contributed by atoms with Crippen LogP contribution in [0.2, 0.25) is 0 Å². The number of hydrogen-bond acceptors (Lipinski definition) is 5. The van der Waals surface area contributed by atoms with Gasteiger partial charge in [0.1, 0.15) is 33.5 Å². The molecule has 136 heavy (non-hydrogen) atoms. The van der Waals surface area contributed by atoms with Crippen LogP contribution in [0.25, 0.3) is 188 Å². The molecule has 0 saturated carbocycles. The van der Waals surface area contributed by atoms with Crippen LogP contribution < -0.4 is 41.5 Å². The summed E-state index contributed by atoms with van der Waals surface area (Å²) < 4.78 is 33.5. The summed E-state index contributed by atoms with van der Waals surface area (Å²) in [6, 6.07) is 174. The summed E-state index contributed by atoms with van der Waals surface area (Å²) in [5, 5.41) is 22.4. The first-order valence-electron chi connectivity index (χ1n) is 45.9. The topological polar surface area (TPSA) is 93.7 Å². The molecule has 9 heterocycles. The van der Waals surface area contributed by atoms with Gasteiger partial charge in [0, 0.05) is 65.2 Å². The summed E-state index contributed by atoms with van der Waals surface area (Å²) in [6.07, 6.45) is 0. The Balaban J connectivity index is 0.000000105. The van der Waals surface area contributed by atoms with Crippen LogP contribution in [0.4, 0.5) is 0 Å². The molecule has 0 aliphatic heterocycles. The van der Waals surface area contributed by atoms with Gasteiger partial charge in [0.05, 0.1) is 77.6 Å². The van der Waals surface area contributed by atoms with E-state index in [1.165, 1.54) is 85.1 Å². The lowest BCUT2D eigenvalue weighted by Gasteiger charge is -2.34. The van der Waals surface area contributed by atoms with Crippen LogP contribution in [0.15, 0.2) is 499 Å². The van der Waals surface area contributed by atoms with Gasteiger partial charge in [0.15, 0.2) is 16.1 Å². The Bertz CT molecular complexity index is 9100. The van der Waals surface area contributed by atoms with Gasteiger partial charge in [-0.1, -0.05) is 341 Å². The highest BCUT2D eigenvalue weighted by Crippen LogP contribution is 2.42. The smallest absolute Gasteiger partial charge is 0.220 e. The predicted molar refractivity (Wildman–Crippen MR) is 570 cm³/mol. The Kier molecular flexibility index (Phi) is 18.6.